The SMILES string of the molecule is c1ccc(-c2ccc(-n3c4ccccc4c4cc(-c5ccc6oc7cccc(-c8nc(-c9ccccc9)nc(-c9ccccc9)n8)c7c6c5)ccc43)cc2)cc1. The zero-order valence-corrected chi connectivity index (χ0v) is 30.2. The van der Waals surface area contributed by atoms with Crippen LogP contribution in [0.2, 0.25) is 0 Å². The van der Waals surface area contributed by atoms with Gasteiger partial charge in [-0.05, 0) is 70.8 Å². The molecular formula is C51H32N4O. The summed E-state index contributed by atoms with van der Waals surface area (Å²) in [7, 11) is 0. The van der Waals surface area contributed by atoms with Crippen LogP contribution in [-0.2, 0) is 0 Å². The van der Waals surface area contributed by atoms with Crippen molar-refractivity contribution < 1.29 is 4.42 Å². The van der Waals surface area contributed by atoms with Crippen molar-refractivity contribution in [3.05, 3.63) is 194 Å². The summed E-state index contributed by atoms with van der Waals surface area (Å²) in [5.74, 6) is 1.85. The molecule has 0 N–H and O–H groups in total. The van der Waals surface area contributed by atoms with Crippen LogP contribution in [0.5, 0.6) is 0 Å². The molecule has 0 radical (unpaired) electrons. The maximum absolute atomic E-state index is 6.48. The first-order chi connectivity index (χ1) is 27.7. The third kappa shape index (κ3) is 5.37. The van der Waals surface area contributed by atoms with E-state index in [0.29, 0.717) is 17.5 Å². The lowest BCUT2D eigenvalue weighted by Gasteiger charge is -2.10. The Morgan fingerprint density at radius 3 is 1.57 bits per heavy atom. The van der Waals surface area contributed by atoms with Gasteiger partial charge >= 0.3 is 0 Å². The number of nitrogens with zero attached hydrogens (tertiary/aromatic N) is 4. The Morgan fingerprint density at radius 2 is 0.875 bits per heavy atom. The summed E-state index contributed by atoms with van der Waals surface area (Å²) in [4.78, 5) is 15.0. The van der Waals surface area contributed by atoms with Crippen LogP contribution in [0.4, 0.5) is 0 Å². The van der Waals surface area contributed by atoms with Crippen molar-refractivity contribution >= 4 is 43.7 Å². The second kappa shape index (κ2) is 13.0. The highest BCUT2D eigenvalue weighted by atomic mass is 16.3. The first-order valence-corrected chi connectivity index (χ1v) is 18.8. The zero-order chi connectivity index (χ0) is 37.0. The number of hydrogen-bond donors (Lipinski definition) is 0. The minimum Gasteiger partial charge on any atom is -0.456 e. The van der Waals surface area contributed by atoms with Crippen molar-refractivity contribution in [2.45, 2.75) is 0 Å². The normalized spacial score (nSPS) is 11.6. The van der Waals surface area contributed by atoms with Crippen molar-refractivity contribution in [1.29, 1.82) is 0 Å². The Morgan fingerprint density at radius 1 is 0.339 bits per heavy atom. The maximum atomic E-state index is 6.48. The van der Waals surface area contributed by atoms with Gasteiger partial charge in [0.1, 0.15) is 11.2 Å². The maximum Gasteiger partial charge on any atom is 0.164 e. The van der Waals surface area contributed by atoms with Crippen molar-refractivity contribution in [2.24, 2.45) is 0 Å². The highest BCUT2D eigenvalue weighted by molar-refractivity contribution is 6.14. The van der Waals surface area contributed by atoms with Gasteiger partial charge in [-0.2, -0.15) is 0 Å². The molecule has 56 heavy (non-hydrogen) atoms. The minimum absolute atomic E-state index is 0.599. The highest BCUT2D eigenvalue weighted by Gasteiger charge is 2.19. The number of fused-ring (bicyclic) bond motifs is 6. The quantitative estimate of drug-likeness (QED) is 0.172. The zero-order valence-electron chi connectivity index (χ0n) is 30.2. The van der Waals surface area contributed by atoms with E-state index >= 15 is 0 Å². The fraction of sp³-hybridized carbons (Fsp3) is 0. The van der Waals surface area contributed by atoms with Gasteiger partial charge in [0.2, 0.25) is 0 Å². The van der Waals surface area contributed by atoms with Crippen molar-refractivity contribution in [1.82, 2.24) is 19.5 Å². The molecular weight excluding hydrogens is 685 g/mol. The number of furan rings is 1. The molecule has 5 heteroatoms. The molecule has 0 saturated heterocycles. The highest BCUT2D eigenvalue weighted by Crippen LogP contribution is 2.40. The van der Waals surface area contributed by atoms with E-state index in [1.54, 1.807) is 0 Å². The lowest BCUT2D eigenvalue weighted by Crippen LogP contribution is -2.00. The van der Waals surface area contributed by atoms with Crippen molar-refractivity contribution in [3.63, 3.8) is 0 Å². The molecule has 0 atom stereocenters. The van der Waals surface area contributed by atoms with Crippen LogP contribution in [0.15, 0.2) is 199 Å². The van der Waals surface area contributed by atoms with Gasteiger partial charge in [-0.1, -0.05) is 146 Å². The molecule has 0 bridgehead atoms. The van der Waals surface area contributed by atoms with Gasteiger partial charge in [-0.15, -0.1) is 0 Å². The molecule has 0 spiro atoms. The lowest BCUT2D eigenvalue weighted by molar-refractivity contribution is 0.669. The van der Waals surface area contributed by atoms with E-state index in [0.717, 1.165) is 61.0 Å². The largest absolute Gasteiger partial charge is 0.456 e. The third-order valence-electron chi connectivity index (χ3n) is 10.7. The van der Waals surface area contributed by atoms with Crippen molar-refractivity contribution in [3.8, 4) is 62.1 Å². The number of aromatic nitrogens is 4. The van der Waals surface area contributed by atoms with Crippen LogP contribution in [0, 0.1) is 0 Å². The van der Waals surface area contributed by atoms with Crippen LogP contribution in [0.25, 0.3) is 106 Å². The number of benzene rings is 8. The molecule has 0 aliphatic rings. The molecule has 11 aromatic rings. The van der Waals surface area contributed by atoms with Crippen LogP contribution >= 0.6 is 0 Å². The summed E-state index contributed by atoms with van der Waals surface area (Å²) in [6.45, 7) is 0. The Balaban J connectivity index is 1.05. The van der Waals surface area contributed by atoms with Gasteiger partial charge in [-0.25, -0.2) is 15.0 Å². The third-order valence-corrected chi connectivity index (χ3v) is 10.7. The lowest BCUT2D eigenvalue weighted by atomic mass is 9.99. The van der Waals surface area contributed by atoms with E-state index in [1.165, 1.54) is 27.4 Å². The Hall–Kier alpha value is -7.63. The van der Waals surface area contributed by atoms with Gasteiger partial charge in [0, 0.05) is 43.9 Å². The smallest absolute Gasteiger partial charge is 0.164 e. The number of para-hydroxylation sites is 1. The Kier molecular flexibility index (Phi) is 7.42. The first-order valence-electron chi connectivity index (χ1n) is 18.8. The van der Waals surface area contributed by atoms with Gasteiger partial charge in [0.25, 0.3) is 0 Å². The fourth-order valence-corrected chi connectivity index (χ4v) is 7.99. The molecule has 8 aromatic carbocycles. The first kappa shape index (κ1) is 31.9. The Bertz CT molecular complexity index is 3160. The van der Waals surface area contributed by atoms with Crippen LogP contribution < -0.4 is 0 Å². The summed E-state index contributed by atoms with van der Waals surface area (Å²) in [6, 6.07) is 67.6. The topological polar surface area (TPSA) is 56.7 Å². The minimum atomic E-state index is 0.599. The van der Waals surface area contributed by atoms with E-state index in [4.69, 9.17) is 19.4 Å². The summed E-state index contributed by atoms with van der Waals surface area (Å²) in [6.07, 6.45) is 0. The van der Waals surface area contributed by atoms with Crippen LogP contribution in [0.3, 0.4) is 0 Å². The summed E-state index contributed by atoms with van der Waals surface area (Å²) in [5, 5.41) is 4.41. The van der Waals surface area contributed by atoms with E-state index < -0.39 is 0 Å². The molecule has 5 nitrogen and oxygen atoms in total. The molecule has 11 rings (SSSR count). The predicted octanol–water partition coefficient (Wildman–Crippen LogP) is 13.2. The van der Waals surface area contributed by atoms with Gasteiger partial charge in [0.05, 0.1) is 11.0 Å². The van der Waals surface area contributed by atoms with E-state index in [-0.39, 0.29) is 0 Å². The molecule has 262 valence electrons. The second-order valence-corrected chi connectivity index (χ2v) is 14.0. The monoisotopic (exact) mass is 716 g/mol. The van der Waals surface area contributed by atoms with Gasteiger partial charge in [-0.3, -0.25) is 0 Å². The van der Waals surface area contributed by atoms with Crippen LogP contribution in [0.1, 0.15) is 0 Å². The average Bonchev–Trinajstić information content (AvgIpc) is 3.82. The van der Waals surface area contributed by atoms with Crippen molar-refractivity contribution in [2.75, 3.05) is 0 Å². The molecule has 3 aromatic heterocycles. The van der Waals surface area contributed by atoms with E-state index in [1.807, 2.05) is 72.8 Å². The molecule has 0 aliphatic heterocycles. The summed E-state index contributed by atoms with van der Waals surface area (Å²) in [5.41, 5.74) is 12.5. The predicted molar refractivity (Wildman–Crippen MR) is 229 cm³/mol. The molecule has 0 unspecified atom stereocenters. The average molecular weight is 717 g/mol. The number of hydrogen-bond acceptors (Lipinski definition) is 4. The molecule has 0 amide bonds. The second-order valence-electron chi connectivity index (χ2n) is 14.0. The summed E-state index contributed by atoms with van der Waals surface area (Å²) >= 11 is 0. The molecule has 3 heterocycles. The Labute approximate surface area is 322 Å². The van der Waals surface area contributed by atoms with Gasteiger partial charge in [0.15, 0.2) is 17.5 Å². The van der Waals surface area contributed by atoms with Crippen LogP contribution in [-0.4, -0.2) is 19.5 Å². The van der Waals surface area contributed by atoms with E-state index in [2.05, 4.69) is 126 Å². The van der Waals surface area contributed by atoms with Gasteiger partial charge < -0.3 is 8.98 Å². The molecule has 0 saturated carbocycles. The van der Waals surface area contributed by atoms with E-state index in [9.17, 15) is 0 Å². The fourth-order valence-electron chi connectivity index (χ4n) is 7.99. The summed E-state index contributed by atoms with van der Waals surface area (Å²) < 4.78 is 8.84. The molecule has 0 fully saturated rings. The molecule has 0 aliphatic carbocycles. The number of rotatable bonds is 6. The standard InChI is InChI=1S/C51H32N4O/c1-4-13-33(14-5-1)34-23-27-39(28-24-34)55-44-21-11-10-19-40(44)42-31-37(25-29-45(42)55)38-26-30-46-43(32-38)48-41(20-12-22-47(48)56-46)51-53-49(35-15-6-2-7-16-35)52-50(54-51)36-17-8-3-9-18-36/h1-32H.